The molecule has 0 amide bonds. The molecule has 58 valence electrons. The maximum atomic E-state index is 2.18. The van der Waals surface area contributed by atoms with Crippen LogP contribution in [0.2, 0.25) is 0 Å². The maximum absolute atomic E-state index is 2.18. The summed E-state index contributed by atoms with van der Waals surface area (Å²) in [4.78, 5) is 0. The van der Waals surface area contributed by atoms with Crippen LogP contribution in [-0.2, 0) is 0 Å². The van der Waals surface area contributed by atoms with Crippen molar-refractivity contribution in [3.8, 4) is 0 Å². The van der Waals surface area contributed by atoms with E-state index in [0.717, 1.165) is 6.42 Å². The van der Waals surface area contributed by atoms with Crippen LogP contribution in [-0.4, -0.2) is 24.4 Å². The second-order valence-corrected chi connectivity index (χ2v) is 2.67. The molecule has 0 N–H and O–H groups in total. The average Bonchev–Trinajstić information content (AvgIpc) is 1.88. The van der Waals surface area contributed by atoms with Crippen LogP contribution < -0.4 is 0 Å². The molecule has 1 heteroatoms. The molecular formula is C9H18N+. The summed E-state index contributed by atoms with van der Waals surface area (Å²) in [6.07, 6.45) is 3.27. The third kappa shape index (κ3) is 2.34. The van der Waals surface area contributed by atoms with Gasteiger partial charge >= 0.3 is 0 Å². The molecule has 0 atom stereocenters. The fraction of sp³-hybridized carbons (Fsp3) is 0.667. The van der Waals surface area contributed by atoms with Crippen molar-refractivity contribution in [2.45, 2.75) is 27.2 Å². The molecule has 0 bridgehead atoms. The van der Waals surface area contributed by atoms with Crippen LogP contribution in [0.4, 0.5) is 0 Å². The summed E-state index contributed by atoms with van der Waals surface area (Å²) in [6, 6.07) is 0. The summed E-state index contributed by atoms with van der Waals surface area (Å²) in [5.74, 6) is 0. The van der Waals surface area contributed by atoms with Crippen molar-refractivity contribution in [2.24, 2.45) is 0 Å². The Kier molecular flexibility index (Phi) is 4.01. The van der Waals surface area contributed by atoms with Gasteiger partial charge in [0.05, 0.1) is 0 Å². The summed E-state index contributed by atoms with van der Waals surface area (Å²) in [5.41, 5.74) is 2.80. The Morgan fingerprint density at radius 1 is 1.40 bits per heavy atom. The predicted molar refractivity (Wildman–Crippen MR) is 46.8 cm³/mol. The first-order valence-corrected chi connectivity index (χ1v) is 3.79. The van der Waals surface area contributed by atoms with Crippen LogP contribution in [0.3, 0.4) is 0 Å². The van der Waals surface area contributed by atoms with Gasteiger partial charge in [-0.1, -0.05) is 13.0 Å². The van der Waals surface area contributed by atoms with Crippen LogP contribution in [0.25, 0.3) is 0 Å². The lowest BCUT2D eigenvalue weighted by Gasteiger charge is -1.99. The minimum atomic E-state index is 1.11. The maximum Gasteiger partial charge on any atom is 0.177 e. The van der Waals surface area contributed by atoms with Gasteiger partial charge in [-0.25, -0.2) is 4.58 Å². The molecule has 10 heavy (non-hydrogen) atoms. The van der Waals surface area contributed by atoms with Crippen molar-refractivity contribution < 1.29 is 4.58 Å². The minimum Gasteiger partial charge on any atom is -0.239 e. The molecule has 0 radical (unpaired) electrons. The Morgan fingerprint density at radius 2 is 1.90 bits per heavy atom. The Labute approximate surface area is 64.1 Å². The smallest absolute Gasteiger partial charge is 0.177 e. The number of hydrogen-bond donors (Lipinski definition) is 0. The third-order valence-corrected chi connectivity index (χ3v) is 1.76. The van der Waals surface area contributed by atoms with Crippen molar-refractivity contribution >= 4 is 5.71 Å². The second kappa shape index (κ2) is 4.26. The van der Waals surface area contributed by atoms with E-state index in [-0.39, 0.29) is 0 Å². The van der Waals surface area contributed by atoms with E-state index in [4.69, 9.17) is 0 Å². The van der Waals surface area contributed by atoms with E-state index in [2.05, 4.69) is 45.5 Å². The van der Waals surface area contributed by atoms with Gasteiger partial charge in [0, 0.05) is 12.0 Å². The molecule has 0 fully saturated rings. The Bertz CT molecular complexity index is 153. The molecule has 0 aliphatic rings. The summed E-state index contributed by atoms with van der Waals surface area (Å²) in [6.45, 7) is 6.41. The molecule has 0 aliphatic heterocycles. The molecule has 0 spiro atoms. The molecule has 0 heterocycles. The van der Waals surface area contributed by atoms with Crippen LogP contribution in [0, 0.1) is 0 Å². The van der Waals surface area contributed by atoms with Crippen molar-refractivity contribution in [3.05, 3.63) is 11.6 Å². The van der Waals surface area contributed by atoms with Crippen LogP contribution in [0.5, 0.6) is 0 Å². The topological polar surface area (TPSA) is 3.01 Å². The largest absolute Gasteiger partial charge is 0.239 e. The number of hydrogen-bond acceptors (Lipinski definition) is 0. The molecule has 0 saturated heterocycles. The first-order chi connectivity index (χ1) is 4.63. The second-order valence-electron chi connectivity index (χ2n) is 2.67. The highest BCUT2D eigenvalue weighted by Crippen LogP contribution is 1.98. The molecule has 0 aromatic carbocycles. The van der Waals surface area contributed by atoms with Crippen molar-refractivity contribution in [2.75, 3.05) is 14.1 Å². The Hall–Kier alpha value is -0.590. The number of allylic oxidation sites excluding steroid dienone is 2. The summed E-state index contributed by atoms with van der Waals surface area (Å²) < 4.78 is 2.18. The average molecular weight is 140 g/mol. The predicted octanol–water partition coefficient (Wildman–Crippen LogP) is 2.08. The van der Waals surface area contributed by atoms with Gasteiger partial charge in [0.2, 0.25) is 0 Å². The number of nitrogens with zero attached hydrogens (tertiary/aromatic N) is 1. The zero-order valence-corrected chi connectivity index (χ0v) is 7.73. The van der Waals surface area contributed by atoms with Gasteiger partial charge in [0.15, 0.2) is 5.71 Å². The molecule has 0 aromatic rings. The highest BCUT2D eigenvalue weighted by atomic mass is 14.9. The lowest BCUT2D eigenvalue weighted by atomic mass is 10.1. The zero-order chi connectivity index (χ0) is 8.15. The molecule has 0 rings (SSSR count). The molecule has 0 unspecified atom stereocenters. The summed E-state index contributed by atoms with van der Waals surface area (Å²) in [5, 5.41) is 0. The minimum absolute atomic E-state index is 1.11. The Morgan fingerprint density at radius 3 is 2.00 bits per heavy atom. The van der Waals surface area contributed by atoms with E-state index in [1.807, 2.05) is 0 Å². The lowest BCUT2D eigenvalue weighted by molar-refractivity contribution is -0.465. The van der Waals surface area contributed by atoms with E-state index in [1.54, 1.807) is 0 Å². The monoisotopic (exact) mass is 140 g/mol. The lowest BCUT2D eigenvalue weighted by Crippen LogP contribution is -2.13. The Balaban J connectivity index is 4.54. The SMILES string of the molecule is CC=C(C)C(CC)=[N+](C)C. The van der Waals surface area contributed by atoms with E-state index in [1.165, 1.54) is 11.3 Å². The molecule has 0 aromatic heterocycles. The van der Waals surface area contributed by atoms with Gasteiger partial charge in [-0.3, -0.25) is 0 Å². The fourth-order valence-electron chi connectivity index (χ4n) is 1.11. The third-order valence-electron chi connectivity index (χ3n) is 1.76. The van der Waals surface area contributed by atoms with Gasteiger partial charge < -0.3 is 0 Å². The highest BCUT2D eigenvalue weighted by molar-refractivity contribution is 5.95. The normalized spacial score (nSPS) is 11.5. The van der Waals surface area contributed by atoms with Crippen LogP contribution in [0.1, 0.15) is 27.2 Å². The highest BCUT2D eigenvalue weighted by Gasteiger charge is 2.05. The quantitative estimate of drug-likeness (QED) is 0.408. The van der Waals surface area contributed by atoms with Crippen LogP contribution >= 0.6 is 0 Å². The van der Waals surface area contributed by atoms with E-state index in [9.17, 15) is 0 Å². The van der Waals surface area contributed by atoms with E-state index in [0.29, 0.717) is 0 Å². The first-order valence-electron chi connectivity index (χ1n) is 3.79. The van der Waals surface area contributed by atoms with Crippen LogP contribution in [0.15, 0.2) is 11.6 Å². The van der Waals surface area contributed by atoms with Gasteiger partial charge in [0.25, 0.3) is 0 Å². The number of rotatable bonds is 2. The zero-order valence-electron chi connectivity index (χ0n) is 7.73. The van der Waals surface area contributed by atoms with Gasteiger partial charge in [0.1, 0.15) is 14.1 Å². The van der Waals surface area contributed by atoms with E-state index >= 15 is 0 Å². The summed E-state index contributed by atoms with van der Waals surface area (Å²) >= 11 is 0. The van der Waals surface area contributed by atoms with Crippen molar-refractivity contribution in [3.63, 3.8) is 0 Å². The standard InChI is InChI=1S/C9H18N/c1-6-8(3)9(7-2)10(4)5/h6H,7H2,1-5H3/q+1. The molecule has 0 saturated carbocycles. The van der Waals surface area contributed by atoms with Crippen molar-refractivity contribution in [1.29, 1.82) is 0 Å². The van der Waals surface area contributed by atoms with Gasteiger partial charge in [-0.15, -0.1) is 0 Å². The summed E-state index contributed by atoms with van der Waals surface area (Å²) in [7, 11) is 4.18. The molecular weight excluding hydrogens is 122 g/mol. The van der Waals surface area contributed by atoms with Gasteiger partial charge in [-0.2, -0.15) is 0 Å². The molecule has 1 nitrogen and oxygen atoms in total. The molecule has 0 aliphatic carbocycles. The van der Waals surface area contributed by atoms with Crippen molar-refractivity contribution in [1.82, 2.24) is 0 Å². The van der Waals surface area contributed by atoms with Gasteiger partial charge in [-0.05, 0) is 13.8 Å². The first kappa shape index (κ1) is 9.41. The fourth-order valence-corrected chi connectivity index (χ4v) is 1.11. The van der Waals surface area contributed by atoms with E-state index < -0.39 is 0 Å².